The molecule has 0 aliphatic carbocycles. The molecule has 0 unspecified atom stereocenters. The molecule has 3 amide bonds. The molecule has 1 heterocycles. The van der Waals surface area contributed by atoms with Crippen molar-refractivity contribution in [1.82, 2.24) is 0 Å². The molecule has 178 valence electrons. The fourth-order valence-electron chi connectivity index (χ4n) is 3.37. The Bertz CT molecular complexity index is 1020. The van der Waals surface area contributed by atoms with Gasteiger partial charge in [-0.3, -0.25) is 4.79 Å². The van der Waals surface area contributed by atoms with Crippen LogP contribution in [0.25, 0.3) is 0 Å². The van der Waals surface area contributed by atoms with Crippen molar-refractivity contribution >= 4 is 29.0 Å². The van der Waals surface area contributed by atoms with Crippen molar-refractivity contribution in [3.05, 3.63) is 48.0 Å². The molecule has 2 aromatic carbocycles. The smallest absolute Gasteiger partial charge is 0.416 e. The number of hydrogen-bond acceptors (Lipinski definition) is 3. The number of urea groups is 1. The summed E-state index contributed by atoms with van der Waals surface area (Å²) in [4.78, 5) is 27.3. The van der Waals surface area contributed by atoms with Crippen molar-refractivity contribution in [2.75, 3.05) is 28.7 Å². The lowest BCUT2D eigenvalue weighted by atomic mass is 9.92. The lowest BCUT2D eigenvalue weighted by molar-refractivity contribution is -0.137. The Kier molecular flexibility index (Phi) is 6.90. The van der Waals surface area contributed by atoms with Gasteiger partial charge in [0.25, 0.3) is 0 Å². The third-order valence-corrected chi connectivity index (χ3v) is 5.32. The Hall–Kier alpha value is -3.23. The number of carbonyl (C=O) groups excluding carboxylic acids is 2. The number of ether oxygens (including phenoxy) is 1. The number of fused-ring (bicyclic) bond motifs is 1. The van der Waals surface area contributed by atoms with Gasteiger partial charge in [0.1, 0.15) is 12.4 Å². The van der Waals surface area contributed by atoms with Gasteiger partial charge in [0.05, 0.1) is 16.7 Å². The fourth-order valence-corrected chi connectivity index (χ4v) is 3.37. The van der Waals surface area contributed by atoms with Crippen molar-refractivity contribution in [2.45, 2.75) is 40.3 Å². The van der Waals surface area contributed by atoms with Crippen LogP contribution >= 0.6 is 0 Å². The highest BCUT2D eigenvalue weighted by Gasteiger charge is 2.37. The predicted molar refractivity (Wildman–Crippen MR) is 122 cm³/mol. The zero-order valence-corrected chi connectivity index (χ0v) is 19.0. The molecule has 1 aliphatic rings. The van der Waals surface area contributed by atoms with Gasteiger partial charge in [-0.25, -0.2) is 4.79 Å². The number of nitrogens with one attached hydrogen (secondary N) is 2. The highest BCUT2D eigenvalue weighted by molar-refractivity contribution is 6.02. The topological polar surface area (TPSA) is 70.7 Å². The van der Waals surface area contributed by atoms with E-state index in [1.807, 2.05) is 13.8 Å². The Morgan fingerprint density at radius 2 is 1.70 bits per heavy atom. The van der Waals surface area contributed by atoms with Gasteiger partial charge in [0.2, 0.25) is 5.91 Å². The van der Waals surface area contributed by atoms with Gasteiger partial charge in [0, 0.05) is 17.9 Å². The zero-order valence-electron chi connectivity index (χ0n) is 19.0. The summed E-state index contributed by atoms with van der Waals surface area (Å²) in [7, 11) is 0. The summed E-state index contributed by atoms with van der Waals surface area (Å²) in [5, 5.41) is 5.17. The van der Waals surface area contributed by atoms with E-state index in [4.69, 9.17) is 4.74 Å². The van der Waals surface area contributed by atoms with E-state index < -0.39 is 23.2 Å². The molecule has 0 atom stereocenters. The molecule has 0 radical (unpaired) electrons. The van der Waals surface area contributed by atoms with E-state index in [2.05, 4.69) is 24.5 Å². The average molecular weight is 464 g/mol. The molecule has 0 bridgehead atoms. The van der Waals surface area contributed by atoms with Crippen LogP contribution in [0.15, 0.2) is 42.5 Å². The maximum Gasteiger partial charge on any atom is 0.416 e. The monoisotopic (exact) mass is 463 g/mol. The predicted octanol–water partition coefficient (Wildman–Crippen LogP) is 6.15. The summed E-state index contributed by atoms with van der Waals surface area (Å²) in [5.74, 6) is 0.879. The summed E-state index contributed by atoms with van der Waals surface area (Å²) >= 11 is 0. The minimum absolute atomic E-state index is 0.0618. The highest BCUT2D eigenvalue weighted by atomic mass is 19.4. The van der Waals surface area contributed by atoms with E-state index in [9.17, 15) is 22.8 Å². The second-order valence-corrected chi connectivity index (χ2v) is 9.15. The number of benzene rings is 2. The third-order valence-electron chi connectivity index (χ3n) is 5.32. The second-order valence-electron chi connectivity index (χ2n) is 9.15. The third kappa shape index (κ3) is 5.97. The molecule has 1 aliphatic heterocycles. The first kappa shape index (κ1) is 24.4. The summed E-state index contributed by atoms with van der Waals surface area (Å²) < 4.78 is 44.0. The summed E-state index contributed by atoms with van der Waals surface area (Å²) in [6, 6.07) is 8.55. The largest absolute Gasteiger partial charge is 0.490 e. The van der Waals surface area contributed by atoms with Gasteiger partial charge in [-0.2, -0.15) is 13.2 Å². The molecule has 0 fully saturated rings. The fraction of sp³-hybridized carbons (Fsp3) is 0.417. The van der Waals surface area contributed by atoms with Crippen LogP contribution in [0.3, 0.4) is 0 Å². The number of halogens is 3. The van der Waals surface area contributed by atoms with E-state index >= 15 is 0 Å². The summed E-state index contributed by atoms with van der Waals surface area (Å²) in [6.07, 6.45) is -3.65. The van der Waals surface area contributed by atoms with E-state index in [0.29, 0.717) is 29.6 Å². The van der Waals surface area contributed by atoms with Crippen molar-refractivity contribution < 1.29 is 27.5 Å². The van der Waals surface area contributed by atoms with Crippen LogP contribution in [0.5, 0.6) is 5.75 Å². The number of anilines is 3. The van der Waals surface area contributed by atoms with Crippen LogP contribution in [0, 0.1) is 11.3 Å². The number of amides is 3. The Morgan fingerprint density at radius 1 is 1.09 bits per heavy atom. The maximum atomic E-state index is 13.2. The van der Waals surface area contributed by atoms with E-state index in [1.54, 1.807) is 23.1 Å². The maximum absolute atomic E-state index is 13.2. The van der Waals surface area contributed by atoms with Gasteiger partial charge in [-0.1, -0.05) is 13.8 Å². The van der Waals surface area contributed by atoms with E-state index in [-0.39, 0.29) is 18.2 Å². The molecular formula is C24H28F3N3O3. The van der Waals surface area contributed by atoms with E-state index in [0.717, 1.165) is 18.6 Å². The molecule has 0 aromatic heterocycles. The zero-order chi connectivity index (χ0) is 24.4. The minimum Gasteiger partial charge on any atom is -0.490 e. The van der Waals surface area contributed by atoms with Crippen molar-refractivity contribution in [1.29, 1.82) is 0 Å². The van der Waals surface area contributed by atoms with E-state index in [1.165, 1.54) is 12.1 Å². The molecule has 3 rings (SSSR count). The Morgan fingerprint density at radius 3 is 2.30 bits per heavy atom. The average Bonchev–Trinajstić information content (AvgIpc) is 2.81. The standard InChI is InChI=1S/C24H28F3N3O3/c1-15(2)11-12-30-19-13-18(9-10-20(19)33-14-23(3,4)21(30)31)29-22(32)28-17-7-5-16(6-8-17)24(25,26)27/h5-10,13,15H,11-12,14H2,1-4H3,(H2,28,29,32). The van der Waals surface area contributed by atoms with Crippen LogP contribution in [-0.4, -0.2) is 25.1 Å². The number of carbonyl (C=O) groups is 2. The lowest BCUT2D eigenvalue weighted by Gasteiger charge is -2.28. The molecule has 2 aromatic rings. The molecule has 0 saturated carbocycles. The first-order valence-electron chi connectivity index (χ1n) is 10.7. The van der Waals surface area contributed by atoms with Crippen molar-refractivity contribution in [3.63, 3.8) is 0 Å². The van der Waals surface area contributed by atoms with Gasteiger partial charge < -0.3 is 20.3 Å². The van der Waals surface area contributed by atoms with Gasteiger partial charge in [-0.05, 0) is 68.7 Å². The SMILES string of the molecule is CC(C)CCN1C(=O)C(C)(C)COc2ccc(NC(=O)Nc3ccc(C(F)(F)F)cc3)cc21. The van der Waals surface area contributed by atoms with Crippen LogP contribution in [0.4, 0.5) is 35.0 Å². The molecule has 9 heteroatoms. The van der Waals surface area contributed by atoms with Gasteiger partial charge in [0.15, 0.2) is 0 Å². The number of nitrogens with zero attached hydrogens (tertiary/aromatic N) is 1. The van der Waals surface area contributed by atoms with Gasteiger partial charge in [-0.15, -0.1) is 0 Å². The van der Waals surface area contributed by atoms with Crippen LogP contribution in [0.2, 0.25) is 0 Å². The normalized spacial score (nSPS) is 15.5. The Balaban J connectivity index is 1.78. The molecule has 33 heavy (non-hydrogen) atoms. The molecule has 0 spiro atoms. The molecule has 6 nitrogen and oxygen atoms in total. The highest BCUT2D eigenvalue weighted by Crippen LogP contribution is 2.38. The second kappa shape index (κ2) is 9.33. The minimum atomic E-state index is -4.45. The number of rotatable bonds is 5. The molecule has 2 N–H and O–H groups in total. The number of alkyl halides is 3. The molecular weight excluding hydrogens is 435 g/mol. The van der Waals surface area contributed by atoms with Crippen LogP contribution in [-0.2, 0) is 11.0 Å². The Labute approximate surface area is 191 Å². The summed E-state index contributed by atoms with van der Waals surface area (Å²) in [5.41, 5.74) is -0.298. The van der Waals surface area contributed by atoms with Crippen LogP contribution in [0.1, 0.15) is 39.7 Å². The first-order chi connectivity index (χ1) is 15.4. The van der Waals surface area contributed by atoms with Gasteiger partial charge >= 0.3 is 12.2 Å². The quantitative estimate of drug-likeness (QED) is 0.559. The van der Waals surface area contributed by atoms with Crippen LogP contribution < -0.4 is 20.3 Å². The lowest BCUT2D eigenvalue weighted by Crippen LogP contribution is -2.42. The first-order valence-corrected chi connectivity index (χ1v) is 10.7. The summed E-state index contributed by atoms with van der Waals surface area (Å²) in [6.45, 7) is 8.57. The van der Waals surface area contributed by atoms with Crippen molar-refractivity contribution in [3.8, 4) is 5.75 Å². The number of hydrogen-bond donors (Lipinski definition) is 2. The molecule has 0 saturated heterocycles. The van der Waals surface area contributed by atoms with Crippen molar-refractivity contribution in [2.24, 2.45) is 11.3 Å².